The minimum absolute atomic E-state index is 0.123. The Morgan fingerprint density at radius 2 is 1.06 bits per heavy atom. The Labute approximate surface area is 235 Å². The van der Waals surface area contributed by atoms with Crippen molar-refractivity contribution in [3.63, 3.8) is 0 Å². The molecular weight excluding hydrogens is 591 g/mol. The van der Waals surface area contributed by atoms with Crippen LogP contribution in [0.15, 0.2) is 112 Å². The molecule has 7 rings (SSSR count). The lowest BCUT2D eigenvalue weighted by Crippen LogP contribution is -1.87. The van der Waals surface area contributed by atoms with E-state index < -0.39 is 0 Å². The minimum atomic E-state index is -0.358. The molecule has 4 aliphatic rings. The maximum atomic E-state index is 10.9. The number of thioether (sulfide) groups is 8. The summed E-state index contributed by atoms with van der Waals surface area (Å²) in [5, 5.41) is 13.1. The van der Waals surface area contributed by atoms with E-state index in [2.05, 4.69) is 41.8 Å². The fourth-order valence-electron chi connectivity index (χ4n) is 3.59. The number of hydrogen-bond donors (Lipinski definition) is 0. The molecule has 3 nitrogen and oxygen atoms in total. The summed E-state index contributed by atoms with van der Waals surface area (Å²) in [6.07, 6.45) is 0. The van der Waals surface area contributed by atoms with E-state index in [1.54, 1.807) is 35.7 Å². The van der Waals surface area contributed by atoms with Crippen molar-refractivity contribution >= 4 is 105 Å². The van der Waals surface area contributed by atoms with Crippen LogP contribution in [0.25, 0.3) is 4.91 Å². The van der Waals surface area contributed by atoms with E-state index in [1.165, 1.54) is 46.3 Å². The molecule has 0 amide bonds. The molecule has 0 atom stereocenters. The average molecular weight is 602 g/mol. The SMILES string of the molecule is O=[N+]([O-])c1ccc(C2=CSC(=C3Sc4cc5c(cc4S3)SC(=C3Sc4ccccc4S3)S5)S2)cc1. The zero-order valence-electron chi connectivity index (χ0n) is 17.4. The second kappa shape index (κ2) is 9.43. The van der Waals surface area contributed by atoms with Crippen molar-refractivity contribution in [1.82, 2.24) is 0 Å². The van der Waals surface area contributed by atoms with Crippen molar-refractivity contribution in [2.45, 2.75) is 29.4 Å². The molecule has 0 saturated carbocycles. The van der Waals surface area contributed by atoms with Crippen molar-refractivity contribution in [1.29, 1.82) is 0 Å². The molecule has 4 aliphatic heterocycles. The molecule has 0 unspecified atom stereocenters. The monoisotopic (exact) mass is 601 g/mol. The first-order chi connectivity index (χ1) is 17.1. The van der Waals surface area contributed by atoms with Crippen LogP contribution in [0.5, 0.6) is 0 Å². The standard InChI is InChI=1S/C24H11NO2S8/c26-25(27)13-7-5-12(6-8-13)20-11-28-21(35-20)22-31-16-9-18-19(10-17(16)32-22)34-24(33-18)23-29-14-3-1-2-4-15(14)30-23/h1-11H. The molecule has 172 valence electrons. The predicted octanol–water partition coefficient (Wildman–Crippen LogP) is 10.6. The van der Waals surface area contributed by atoms with E-state index >= 15 is 0 Å². The summed E-state index contributed by atoms with van der Waals surface area (Å²) in [5.41, 5.74) is 1.14. The van der Waals surface area contributed by atoms with Gasteiger partial charge >= 0.3 is 0 Å². The Bertz CT molecular complexity index is 1460. The third-order valence-corrected chi connectivity index (χ3v) is 16.3. The van der Waals surface area contributed by atoms with Gasteiger partial charge in [-0.1, -0.05) is 106 Å². The number of nitro groups is 1. The van der Waals surface area contributed by atoms with E-state index in [0.717, 1.165) is 10.5 Å². The lowest BCUT2D eigenvalue weighted by molar-refractivity contribution is -0.384. The molecule has 0 aliphatic carbocycles. The Morgan fingerprint density at radius 1 is 0.571 bits per heavy atom. The Kier molecular flexibility index (Phi) is 6.26. The Hall–Kier alpha value is -0.920. The highest BCUT2D eigenvalue weighted by Gasteiger charge is 2.31. The first-order valence-electron chi connectivity index (χ1n) is 10.2. The molecule has 0 saturated heterocycles. The van der Waals surface area contributed by atoms with Gasteiger partial charge in [-0.2, -0.15) is 0 Å². The van der Waals surface area contributed by atoms with Gasteiger partial charge in [0.25, 0.3) is 5.69 Å². The molecule has 0 bridgehead atoms. The van der Waals surface area contributed by atoms with Gasteiger partial charge in [0.1, 0.15) is 0 Å². The molecule has 35 heavy (non-hydrogen) atoms. The number of nitrogens with zero attached hydrogens (tertiary/aromatic N) is 1. The first-order valence-corrected chi connectivity index (χ1v) is 16.8. The molecule has 0 spiro atoms. The van der Waals surface area contributed by atoms with Gasteiger partial charge in [0.05, 0.1) is 21.9 Å². The van der Waals surface area contributed by atoms with Crippen LogP contribution in [0.3, 0.4) is 0 Å². The Balaban J connectivity index is 1.08. The van der Waals surface area contributed by atoms with E-state index in [0.29, 0.717) is 0 Å². The third-order valence-electron chi connectivity index (χ3n) is 5.25. The van der Waals surface area contributed by atoms with Gasteiger partial charge in [-0.3, -0.25) is 10.1 Å². The van der Waals surface area contributed by atoms with Crippen molar-refractivity contribution in [3.8, 4) is 0 Å². The zero-order valence-corrected chi connectivity index (χ0v) is 23.9. The summed E-state index contributed by atoms with van der Waals surface area (Å²) < 4.78 is 5.38. The molecule has 0 radical (unpaired) electrons. The molecule has 3 aromatic carbocycles. The third kappa shape index (κ3) is 4.41. The number of hydrogen-bond acceptors (Lipinski definition) is 10. The highest BCUT2D eigenvalue weighted by Crippen LogP contribution is 2.65. The van der Waals surface area contributed by atoms with Gasteiger partial charge in [0, 0.05) is 46.4 Å². The Morgan fingerprint density at radius 3 is 1.57 bits per heavy atom. The predicted molar refractivity (Wildman–Crippen MR) is 158 cm³/mol. The highest BCUT2D eigenvalue weighted by atomic mass is 32.2. The summed E-state index contributed by atoms with van der Waals surface area (Å²) in [7, 11) is 0. The van der Waals surface area contributed by atoms with Gasteiger partial charge in [0.2, 0.25) is 0 Å². The topological polar surface area (TPSA) is 43.1 Å². The van der Waals surface area contributed by atoms with Crippen molar-refractivity contribution in [2.24, 2.45) is 0 Å². The number of rotatable bonds is 2. The largest absolute Gasteiger partial charge is 0.269 e. The van der Waals surface area contributed by atoms with Gasteiger partial charge in [0.15, 0.2) is 0 Å². The fraction of sp³-hybridized carbons (Fsp3) is 0. The second-order valence-corrected chi connectivity index (χ2v) is 16.7. The lowest BCUT2D eigenvalue weighted by atomic mass is 10.2. The van der Waals surface area contributed by atoms with Gasteiger partial charge in [-0.05, 0) is 47.4 Å². The fourth-order valence-corrected chi connectivity index (χ4v) is 14.2. The van der Waals surface area contributed by atoms with Gasteiger partial charge in [-0.25, -0.2) is 0 Å². The lowest BCUT2D eigenvalue weighted by Gasteiger charge is -2.03. The summed E-state index contributed by atoms with van der Waals surface area (Å²) in [4.78, 5) is 19.8. The number of fused-ring (bicyclic) bond motifs is 3. The first kappa shape index (κ1) is 23.2. The van der Waals surface area contributed by atoms with E-state index in [1.807, 2.05) is 82.7 Å². The number of benzene rings is 3. The van der Waals surface area contributed by atoms with Crippen LogP contribution in [0, 0.1) is 10.1 Å². The summed E-state index contributed by atoms with van der Waals surface area (Å²) in [6.45, 7) is 0. The van der Waals surface area contributed by atoms with Crippen LogP contribution < -0.4 is 0 Å². The number of non-ortho nitro benzene ring substituents is 1. The summed E-state index contributed by atoms with van der Waals surface area (Å²) in [6, 6.07) is 20.2. The number of nitro benzene ring substituents is 1. The van der Waals surface area contributed by atoms with Crippen molar-refractivity contribution in [3.05, 3.63) is 98.7 Å². The smallest absolute Gasteiger partial charge is 0.258 e. The van der Waals surface area contributed by atoms with Gasteiger partial charge < -0.3 is 0 Å². The van der Waals surface area contributed by atoms with Crippen LogP contribution in [0.2, 0.25) is 0 Å². The highest BCUT2D eigenvalue weighted by molar-refractivity contribution is 8.34. The molecular formula is C24H11NO2S8. The van der Waals surface area contributed by atoms with Crippen LogP contribution in [0.1, 0.15) is 5.56 Å². The molecule has 11 heteroatoms. The van der Waals surface area contributed by atoms with Gasteiger partial charge in [-0.15, -0.1) is 0 Å². The van der Waals surface area contributed by atoms with E-state index in [9.17, 15) is 10.1 Å². The van der Waals surface area contributed by atoms with E-state index in [-0.39, 0.29) is 10.6 Å². The van der Waals surface area contributed by atoms with Crippen molar-refractivity contribution in [2.75, 3.05) is 0 Å². The molecule has 0 fully saturated rings. The normalized spacial score (nSPS) is 18.1. The zero-order chi connectivity index (χ0) is 23.5. The van der Waals surface area contributed by atoms with Crippen LogP contribution in [0.4, 0.5) is 5.69 Å². The quantitative estimate of drug-likeness (QED) is 0.209. The average Bonchev–Trinajstić information content (AvgIpc) is 3.66. The van der Waals surface area contributed by atoms with Crippen molar-refractivity contribution < 1.29 is 4.92 Å². The van der Waals surface area contributed by atoms with Crippen LogP contribution in [-0.4, -0.2) is 4.92 Å². The maximum absolute atomic E-state index is 10.9. The molecule has 3 aromatic rings. The molecule has 0 N–H and O–H groups in total. The minimum Gasteiger partial charge on any atom is -0.258 e. The maximum Gasteiger partial charge on any atom is 0.269 e. The van der Waals surface area contributed by atoms with Crippen LogP contribution >= 0.6 is 94.1 Å². The second-order valence-electron chi connectivity index (χ2n) is 7.46. The molecule has 4 heterocycles. The van der Waals surface area contributed by atoms with Crippen LogP contribution in [-0.2, 0) is 0 Å². The summed E-state index contributed by atoms with van der Waals surface area (Å²) in [5.74, 6) is 0. The van der Waals surface area contributed by atoms with E-state index in [4.69, 9.17) is 0 Å². The summed E-state index contributed by atoms with van der Waals surface area (Å²) >= 11 is 14.8. The molecule has 0 aromatic heterocycles.